The van der Waals surface area contributed by atoms with Crippen molar-refractivity contribution in [3.8, 4) is 22.6 Å². The van der Waals surface area contributed by atoms with Crippen molar-refractivity contribution < 1.29 is 13.6 Å². The molecule has 0 bridgehead atoms. The van der Waals surface area contributed by atoms with E-state index in [-0.39, 0.29) is 11.6 Å². The van der Waals surface area contributed by atoms with Crippen molar-refractivity contribution in [3.63, 3.8) is 0 Å². The first-order chi connectivity index (χ1) is 13.6. The van der Waals surface area contributed by atoms with E-state index in [9.17, 15) is 9.18 Å². The third-order valence-corrected chi connectivity index (χ3v) is 4.13. The fourth-order valence-electron chi connectivity index (χ4n) is 2.90. The predicted molar refractivity (Wildman–Crippen MR) is 103 cm³/mol. The lowest BCUT2D eigenvalue weighted by atomic mass is 9.97. The van der Waals surface area contributed by atoms with Gasteiger partial charge in [-0.15, -0.1) is 5.10 Å². The molecule has 0 fully saturated rings. The van der Waals surface area contributed by atoms with Gasteiger partial charge in [0.25, 0.3) is 0 Å². The number of rotatable bonds is 5. The minimum Gasteiger partial charge on any atom is -0.403 e. The number of aromatic nitrogens is 2. The molecule has 0 aliphatic heterocycles. The topological polar surface area (TPSA) is 94.0 Å². The average molecular weight is 374 g/mol. The van der Waals surface area contributed by atoms with Crippen LogP contribution in [-0.4, -0.2) is 16.1 Å². The lowest BCUT2D eigenvalue weighted by Gasteiger charge is -2.13. The normalized spacial score (nSPS) is 10.6. The van der Waals surface area contributed by atoms with Gasteiger partial charge in [-0.3, -0.25) is 4.79 Å². The number of carbonyl (C=O) groups is 1. The average Bonchev–Trinajstić information content (AvgIpc) is 3.17. The van der Waals surface area contributed by atoms with E-state index in [1.807, 2.05) is 30.3 Å². The molecular weight excluding hydrogens is 359 g/mol. The number of hydrogen-bond acceptors (Lipinski definition) is 5. The number of nitrogens with two attached hydrogens (primary N) is 1. The molecule has 4 rings (SSSR count). The van der Waals surface area contributed by atoms with E-state index in [1.54, 1.807) is 30.3 Å². The van der Waals surface area contributed by atoms with Gasteiger partial charge in [-0.25, -0.2) is 4.39 Å². The molecule has 0 aliphatic rings. The van der Waals surface area contributed by atoms with Gasteiger partial charge in [0.2, 0.25) is 11.8 Å². The molecule has 0 unspecified atom stereocenters. The lowest BCUT2D eigenvalue weighted by molar-refractivity contribution is 0.100. The van der Waals surface area contributed by atoms with E-state index in [0.717, 1.165) is 5.56 Å². The van der Waals surface area contributed by atoms with Crippen molar-refractivity contribution in [2.24, 2.45) is 5.73 Å². The molecule has 1 aromatic heterocycles. The van der Waals surface area contributed by atoms with E-state index >= 15 is 0 Å². The van der Waals surface area contributed by atoms with Crippen molar-refractivity contribution in [1.82, 2.24) is 10.2 Å². The first-order valence-corrected chi connectivity index (χ1v) is 8.46. The number of hydrogen-bond donors (Lipinski definition) is 2. The highest BCUT2D eigenvalue weighted by molar-refractivity contribution is 6.03. The standard InChI is InChI=1S/C21H15FN4O2/c22-15-9-4-8-14(12-15)18-16(19(23)27)10-5-11-17(18)24-21-26-25-20(28-21)13-6-2-1-3-7-13/h1-12H,(H2,23,27)(H,24,26). The van der Waals surface area contributed by atoms with Crippen molar-refractivity contribution >= 4 is 17.6 Å². The number of benzene rings is 3. The largest absolute Gasteiger partial charge is 0.403 e. The van der Waals surface area contributed by atoms with E-state index in [4.69, 9.17) is 10.2 Å². The second kappa shape index (κ2) is 7.32. The fourth-order valence-corrected chi connectivity index (χ4v) is 2.90. The Bertz CT molecular complexity index is 1140. The molecule has 28 heavy (non-hydrogen) atoms. The number of anilines is 2. The molecule has 6 nitrogen and oxygen atoms in total. The van der Waals surface area contributed by atoms with Gasteiger partial charge in [-0.05, 0) is 42.0 Å². The molecule has 1 amide bonds. The highest BCUT2D eigenvalue weighted by Crippen LogP contribution is 2.34. The summed E-state index contributed by atoms with van der Waals surface area (Å²) < 4.78 is 19.4. The predicted octanol–water partition coefficient (Wildman–Crippen LogP) is 4.39. The monoisotopic (exact) mass is 374 g/mol. The maximum atomic E-state index is 13.8. The highest BCUT2D eigenvalue weighted by atomic mass is 19.1. The maximum absolute atomic E-state index is 13.8. The van der Waals surface area contributed by atoms with Crippen LogP contribution in [0.1, 0.15) is 10.4 Å². The Morgan fingerprint density at radius 3 is 2.43 bits per heavy atom. The smallest absolute Gasteiger partial charge is 0.320 e. The molecule has 0 saturated carbocycles. The zero-order chi connectivity index (χ0) is 19.5. The summed E-state index contributed by atoms with van der Waals surface area (Å²) in [7, 11) is 0. The second-order valence-corrected chi connectivity index (χ2v) is 6.01. The Labute approximate surface area is 159 Å². The van der Waals surface area contributed by atoms with Crippen LogP contribution in [0.3, 0.4) is 0 Å². The lowest BCUT2D eigenvalue weighted by Crippen LogP contribution is -2.13. The third-order valence-electron chi connectivity index (χ3n) is 4.13. The summed E-state index contributed by atoms with van der Waals surface area (Å²) in [4.78, 5) is 11.9. The Kier molecular flexibility index (Phi) is 4.55. The molecule has 4 aromatic rings. The summed E-state index contributed by atoms with van der Waals surface area (Å²) in [6, 6.07) is 20.3. The van der Waals surface area contributed by atoms with Crippen LogP contribution in [0.25, 0.3) is 22.6 Å². The van der Waals surface area contributed by atoms with E-state index in [0.29, 0.717) is 22.7 Å². The third kappa shape index (κ3) is 3.45. The highest BCUT2D eigenvalue weighted by Gasteiger charge is 2.17. The van der Waals surface area contributed by atoms with E-state index < -0.39 is 11.7 Å². The van der Waals surface area contributed by atoms with Gasteiger partial charge in [-0.2, -0.15) is 0 Å². The van der Waals surface area contributed by atoms with Gasteiger partial charge in [0.1, 0.15) is 5.82 Å². The molecule has 138 valence electrons. The van der Waals surface area contributed by atoms with Crippen LogP contribution in [0, 0.1) is 5.82 Å². The first-order valence-electron chi connectivity index (χ1n) is 8.46. The van der Waals surface area contributed by atoms with Gasteiger partial charge in [0.05, 0.1) is 5.69 Å². The van der Waals surface area contributed by atoms with Crippen molar-refractivity contribution in [2.45, 2.75) is 0 Å². The molecule has 1 heterocycles. The number of halogens is 1. The van der Waals surface area contributed by atoms with E-state index in [2.05, 4.69) is 15.5 Å². The summed E-state index contributed by atoms with van der Waals surface area (Å²) in [6.45, 7) is 0. The minimum absolute atomic E-state index is 0.137. The number of nitrogens with one attached hydrogen (secondary N) is 1. The Hall–Kier alpha value is -4.00. The van der Waals surface area contributed by atoms with Crippen LogP contribution in [-0.2, 0) is 0 Å². The van der Waals surface area contributed by atoms with Crippen LogP contribution in [0.4, 0.5) is 16.1 Å². The van der Waals surface area contributed by atoms with E-state index in [1.165, 1.54) is 12.1 Å². The quantitative estimate of drug-likeness (QED) is 0.540. The van der Waals surface area contributed by atoms with Crippen molar-refractivity contribution in [2.75, 3.05) is 5.32 Å². The Balaban J connectivity index is 1.75. The number of amides is 1. The molecule has 0 saturated heterocycles. The van der Waals surface area contributed by atoms with Gasteiger partial charge >= 0.3 is 6.01 Å². The number of primary amides is 1. The van der Waals surface area contributed by atoms with Crippen LogP contribution in [0.15, 0.2) is 77.2 Å². The first kappa shape index (κ1) is 17.4. The molecule has 3 N–H and O–H groups in total. The number of carbonyl (C=O) groups excluding carboxylic acids is 1. The Morgan fingerprint density at radius 2 is 1.68 bits per heavy atom. The summed E-state index contributed by atoms with van der Waals surface area (Å²) in [5, 5.41) is 11.0. The SMILES string of the molecule is NC(=O)c1cccc(Nc2nnc(-c3ccccc3)o2)c1-c1cccc(F)c1. The zero-order valence-corrected chi connectivity index (χ0v) is 14.6. The molecule has 7 heteroatoms. The summed E-state index contributed by atoms with van der Waals surface area (Å²) in [6.07, 6.45) is 0. The molecule has 0 spiro atoms. The van der Waals surface area contributed by atoms with Crippen molar-refractivity contribution in [3.05, 3.63) is 84.2 Å². The fraction of sp³-hybridized carbons (Fsp3) is 0. The van der Waals surface area contributed by atoms with Gasteiger partial charge < -0.3 is 15.5 Å². The molecule has 0 atom stereocenters. The second-order valence-electron chi connectivity index (χ2n) is 6.01. The molecule has 0 radical (unpaired) electrons. The van der Waals surface area contributed by atoms with Crippen LogP contribution in [0.2, 0.25) is 0 Å². The summed E-state index contributed by atoms with van der Waals surface area (Å²) in [5.41, 5.74) is 7.99. The summed E-state index contributed by atoms with van der Waals surface area (Å²) >= 11 is 0. The maximum Gasteiger partial charge on any atom is 0.320 e. The molecule has 0 aliphatic carbocycles. The van der Waals surface area contributed by atoms with Gasteiger partial charge in [0, 0.05) is 16.7 Å². The molecule has 3 aromatic carbocycles. The minimum atomic E-state index is -0.626. The van der Waals surface area contributed by atoms with Gasteiger partial charge in [-0.1, -0.05) is 41.5 Å². The van der Waals surface area contributed by atoms with Crippen molar-refractivity contribution in [1.29, 1.82) is 0 Å². The van der Waals surface area contributed by atoms with Gasteiger partial charge in [0.15, 0.2) is 0 Å². The zero-order valence-electron chi connectivity index (χ0n) is 14.6. The van der Waals surface area contributed by atoms with Crippen LogP contribution in [0.5, 0.6) is 0 Å². The number of nitrogens with zero attached hydrogens (tertiary/aromatic N) is 2. The van der Waals surface area contributed by atoms with Crippen LogP contribution >= 0.6 is 0 Å². The molecular formula is C21H15FN4O2. The van der Waals surface area contributed by atoms with Crippen LogP contribution < -0.4 is 11.1 Å². The Morgan fingerprint density at radius 1 is 0.929 bits per heavy atom. The summed E-state index contributed by atoms with van der Waals surface area (Å²) in [5.74, 6) is -0.702.